The van der Waals surface area contributed by atoms with Gasteiger partial charge in [-0.05, 0) is 38.2 Å². The molecule has 1 N–H and O–H groups in total. The molecule has 0 aliphatic heterocycles. The van der Waals surface area contributed by atoms with E-state index < -0.39 is 0 Å². The van der Waals surface area contributed by atoms with Gasteiger partial charge in [0, 0.05) is 19.3 Å². The third-order valence-corrected chi connectivity index (χ3v) is 2.14. The topological polar surface area (TPSA) is 28.2 Å². The van der Waals surface area contributed by atoms with E-state index >= 15 is 0 Å². The van der Waals surface area contributed by atoms with Crippen LogP contribution in [-0.4, -0.2) is 23.2 Å². The van der Waals surface area contributed by atoms with Crippen LogP contribution in [0, 0.1) is 0 Å². The van der Waals surface area contributed by atoms with Crippen molar-refractivity contribution < 1.29 is 0 Å². The summed E-state index contributed by atoms with van der Waals surface area (Å²) in [5.41, 5.74) is 0.991. The molecule has 0 radical (unpaired) electrons. The van der Waals surface area contributed by atoms with Gasteiger partial charge in [0.05, 0.1) is 11.9 Å². The van der Waals surface area contributed by atoms with Crippen LogP contribution in [0.2, 0.25) is 0 Å². The molecule has 0 unspecified atom stereocenters. The maximum absolute atomic E-state index is 5.22. The fraction of sp³-hybridized carbons (Fsp3) is 0.400. The van der Waals surface area contributed by atoms with Gasteiger partial charge >= 0.3 is 0 Å². The fourth-order valence-corrected chi connectivity index (χ4v) is 1.35. The minimum Gasteiger partial charge on any atom is -0.360 e. The Balaban J connectivity index is 2.66. The zero-order valence-electron chi connectivity index (χ0n) is 8.69. The van der Waals surface area contributed by atoms with E-state index in [1.807, 2.05) is 24.1 Å². The maximum Gasteiger partial charge on any atom is 0.173 e. The second-order valence-electron chi connectivity index (χ2n) is 3.37. The number of hydrogen-bond donors (Lipinski definition) is 1. The van der Waals surface area contributed by atoms with Crippen LogP contribution in [0.1, 0.15) is 13.8 Å². The SMILES string of the molecule is CC(C)NC(=S)N(C)c1cccnc1. The van der Waals surface area contributed by atoms with Gasteiger partial charge in [-0.1, -0.05) is 0 Å². The number of thiocarbonyl (C=S) groups is 1. The minimum atomic E-state index is 0.349. The van der Waals surface area contributed by atoms with Crippen molar-refractivity contribution in [2.75, 3.05) is 11.9 Å². The van der Waals surface area contributed by atoms with E-state index in [9.17, 15) is 0 Å². The monoisotopic (exact) mass is 209 g/mol. The van der Waals surface area contributed by atoms with Gasteiger partial charge in [-0.2, -0.15) is 0 Å². The number of hydrogen-bond acceptors (Lipinski definition) is 2. The molecular weight excluding hydrogens is 194 g/mol. The zero-order valence-corrected chi connectivity index (χ0v) is 9.51. The minimum absolute atomic E-state index is 0.349. The molecule has 0 fully saturated rings. The van der Waals surface area contributed by atoms with Crippen LogP contribution >= 0.6 is 12.2 Å². The molecule has 0 saturated carbocycles. The predicted molar refractivity (Wildman–Crippen MR) is 63.5 cm³/mol. The highest BCUT2D eigenvalue weighted by molar-refractivity contribution is 7.80. The molecule has 0 atom stereocenters. The quantitative estimate of drug-likeness (QED) is 0.752. The Hall–Kier alpha value is -1.16. The molecule has 0 spiro atoms. The Morgan fingerprint density at radius 1 is 1.57 bits per heavy atom. The molecule has 1 heterocycles. The van der Waals surface area contributed by atoms with Gasteiger partial charge in [0.15, 0.2) is 5.11 Å². The highest BCUT2D eigenvalue weighted by Gasteiger charge is 2.06. The number of anilines is 1. The largest absolute Gasteiger partial charge is 0.360 e. The first kappa shape index (κ1) is 10.9. The normalized spacial score (nSPS) is 10.0. The lowest BCUT2D eigenvalue weighted by Crippen LogP contribution is -2.40. The summed E-state index contributed by atoms with van der Waals surface area (Å²) in [6.45, 7) is 4.12. The van der Waals surface area contributed by atoms with Crippen molar-refractivity contribution >= 4 is 23.0 Å². The highest BCUT2D eigenvalue weighted by atomic mass is 32.1. The summed E-state index contributed by atoms with van der Waals surface area (Å²) in [7, 11) is 1.93. The van der Waals surface area contributed by atoms with E-state index in [0.717, 1.165) is 5.69 Å². The first-order valence-corrected chi connectivity index (χ1v) is 4.96. The highest BCUT2D eigenvalue weighted by Crippen LogP contribution is 2.09. The number of nitrogens with zero attached hydrogens (tertiary/aromatic N) is 2. The van der Waals surface area contributed by atoms with E-state index in [1.54, 1.807) is 12.4 Å². The summed E-state index contributed by atoms with van der Waals surface area (Å²) in [5, 5.41) is 3.89. The number of aromatic nitrogens is 1. The van der Waals surface area contributed by atoms with Gasteiger partial charge in [-0.25, -0.2) is 0 Å². The van der Waals surface area contributed by atoms with Gasteiger partial charge in [0.1, 0.15) is 0 Å². The standard InChI is InChI=1S/C10H15N3S/c1-8(2)12-10(14)13(3)9-5-4-6-11-7-9/h4-8H,1-3H3,(H,12,14). The van der Waals surface area contributed by atoms with Crippen LogP contribution in [0.4, 0.5) is 5.69 Å². The number of nitrogens with one attached hydrogen (secondary N) is 1. The zero-order chi connectivity index (χ0) is 10.6. The van der Waals surface area contributed by atoms with Crippen LogP contribution in [0.5, 0.6) is 0 Å². The summed E-state index contributed by atoms with van der Waals surface area (Å²) in [6.07, 6.45) is 3.53. The smallest absolute Gasteiger partial charge is 0.173 e. The van der Waals surface area contributed by atoms with E-state index in [-0.39, 0.29) is 0 Å². The maximum atomic E-state index is 5.22. The first-order valence-electron chi connectivity index (χ1n) is 4.55. The van der Waals surface area contributed by atoms with Gasteiger partial charge in [0.2, 0.25) is 0 Å². The molecule has 1 rings (SSSR count). The van der Waals surface area contributed by atoms with Crippen molar-refractivity contribution in [3.8, 4) is 0 Å². The van der Waals surface area contributed by atoms with Crippen molar-refractivity contribution in [3.63, 3.8) is 0 Å². The number of rotatable bonds is 2. The Kier molecular flexibility index (Phi) is 3.83. The molecule has 0 saturated heterocycles. The first-order chi connectivity index (χ1) is 6.61. The van der Waals surface area contributed by atoms with Crippen molar-refractivity contribution in [1.29, 1.82) is 0 Å². The predicted octanol–water partition coefficient (Wildman–Crippen LogP) is 1.80. The molecule has 1 aromatic heterocycles. The van der Waals surface area contributed by atoms with Crippen LogP contribution in [0.3, 0.4) is 0 Å². The van der Waals surface area contributed by atoms with Crippen molar-refractivity contribution in [2.24, 2.45) is 0 Å². The molecule has 0 aliphatic carbocycles. The summed E-state index contributed by atoms with van der Waals surface area (Å²) in [6, 6.07) is 4.21. The molecule has 76 valence electrons. The van der Waals surface area contributed by atoms with E-state index in [0.29, 0.717) is 11.2 Å². The lowest BCUT2D eigenvalue weighted by molar-refractivity contribution is 0.732. The van der Waals surface area contributed by atoms with Crippen LogP contribution in [-0.2, 0) is 0 Å². The Labute approximate surface area is 90.1 Å². The molecule has 0 amide bonds. The van der Waals surface area contributed by atoms with Crippen LogP contribution in [0.25, 0.3) is 0 Å². The third-order valence-electron chi connectivity index (χ3n) is 1.75. The molecule has 3 nitrogen and oxygen atoms in total. The summed E-state index contributed by atoms with van der Waals surface area (Å²) >= 11 is 5.22. The summed E-state index contributed by atoms with van der Waals surface area (Å²) in [4.78, 5) is 5.94. The van der Waals surface area contributed by atoms with Gasteiger partial charge < -0.3 is 10.2 Å². The fourth-order valence-electron chi connectivity index (χ4n) is 1.01. The molecular formula is C10H15N3S. The van der Waals surface area contributed by atoms with E-state index in [4.69, 9.17) is 12.2 Å². The Morgan fingerprint density at radius 3 is 2.79 bits per heavy atom. The lowest BCUT2D eigenvalue weighted by atomic mass is 10.4. The van der Waals surface area contributed by atoms with Crippen LogP contribution in [0.15, 0.2) is 24.5 Å². The van der Waals surface area contributed by atoms with E-state index in [2.05, 4.69) is 24.1 Å². The Morgan fingerprint density at radius 2 is 2.29 bits per heavy atom. The second-order valence-corrected chi connectivity index (χ2v) is 3.76. The molecule has 0 bridgehead atoms. The molecule has 4 heteroatoms. The third kappa shape index (κ3) is 2.96. The molecule has 1 aromatic rings. The van der Waals surface area contributed by atoms with Crippen molar-refractivity contribution in [3.05, 3.63) is 24.5 Å². The molecule has 0 aromatic carbocycles. The van der Waals surface area contributed by atoms with Crippen molar-refractivity contribution in [2.45, 2.75) is 19.9 Å². The summed E-state index contributed by atoms with van der Waals surface area (Å²) < 4.78 is 0. The lowest BCUT2D eigenvalue weighted by Gasteiger charge is -2.22. The van der Waals surface area contributed by atoms with Crippen LogP contribution < -0.4 is 10.2 Å². The second kappa shape index (κ2) is 4.91. The number of pyridine rings is 1. The van der Waals surface area contributed by atoms with Crippen molar-refractivity contribution in [1.82, 2.24) is 10.3 Å². The molecule has 14 heavy (non-hydrogen) atoms. The van der Waals surface area contributed by atoms with Gasteiger partial charge in [0.25, 0.3) is 0 Å². The Bertz CT molecular complexity index is 297. The summed E-state index contributed by atoms with van der Waals surface area (Å²) in [5.74, 6) is 0. The van der Waals surface area contributed by atoms with Gasteiger partial charge in [-0.3, -0.25) is 4.98 Å². The average Bonchev–Trinajstić information content (AvgIpc) is 2.17. The molecule has 0 aliphatic rings. The average molecular weight is 209 g/mol. The van der Waals surface area contributed by atoms with E-state index in [1.165, 1.54) is 0 Å². The van der Waals surface area contributed by atoms with Gasteiger partial charge in [-0.15, -0.1) is 0 Å².